The lowest BCUT2D eigenvalue weighted by molar-refractivity contribution is -0.122. The summed E-state index contributed by atoms with van der Waals surface area (Å²) in [6, 6.07) is 0. The summed E-state index contributed by atoms with van der Waals surface area (Å²) in [4.78, 5) is 13.1. The predicted molar refractivity (Wildman–Crippen MR) is 56.1 cm³/mol. The molecular weight excluding hydrogens is 180 g/mol. The largest absolute Gasteiger partial charge is 0.483 e. The van der Waals surface area contributed by atoms with Crippen molar-refractivity contribution >= 4 is 6.47 Å². The third-order valence-corrected chi connectivity index (χ3v) is 2.23. The molecule has 0 amide bonds. The Hall–Kier alpha value is -1.05. The van der Waals surface area contributed by atoms with Crippen LogP contribution in [0.25, 0.3) is 0 Å². The minimum atomic E-state index is -0.250. The molecule has 0 bridgehead atoms. The Morgan fingerprint density at radius 3 is 2.14 bits per heavy atom. The molecule has 1 rings (SSSR count). The Bertz CT molecular complexity index is 181. The zero-order valence-corrected chi connectivity index (χ0v) is 8.65. The fraction of sp³-hybridized carbons (Fsp3) is 0.700. The summed E-state index contributed by atoms with van der Waals surface area (Å²) in [6.07, 6.45) is 5.22. The van der Waals surface area contributed by atoms with E-state index in [2.05, 4.69) is 22.6 Å². The molecule has 1 N–H and O–H groups in total. The molecule has 0 radical (unpaired) electrons. The van der Waals surface area contributed by atoms with E-state index < -0.39 is 0 Å². The van der Waals surface area contributed by atoms with Crippen LogP contribution in [0, 0.1) is 12.3 Å². The summed E-state index contributed by atoms with van der Waals surface area (Å²) in [6.45, 7) is 8.57. The molecule has 0 saturated carbocycles. The topological polar surface area (TPSA) is 43.8 Å². The van der Waals surface area contributed by atoms with Crippen LogP contribution in [0.5, 0.6) is 0 Å². The highest BCUT2D eigenvalue weighted by molar-refractivity contribution is 5.32. The van der Waals surface area contributed by atoms with Crippen molar-refractivity contribution in [2.45, 2.75) is 6.92 Å². The molecule has 0 unspecified atom stereocenters. The standard InChI is InChI=1S/C9H16N2.CH2O2/c1-3-5-11-8-6-10(4-2)7-9-11;2-1-3/h1H,4-9H2,2H3;1H,(H,2,3). The zero-order chi connectivity index (χ0) is 10.8. The number of terminal acetylenes is 1. The molecule has 1 fully saturated rings. The van der Waals surface area contributed by atoms with Crippen LogP contribution >= 0.6 is 0 Å². The molecule has 1 aliphatic rings. The summed E-state index contributed by atoms with van der Waals surface area (Å²) >= 11 is 0. The minimum absolute atomic E-state index is 0.250. The van der Waals surface area contributed by atoms with Crippen molar-refractivity contribution in [3.05, 3.63) is 0 Å². The fourth-order valence-corrected chi connectivity index (χ4v) is 1.39. The highest BCUT2D eigenvalue weighted by Crippen LogP contribution is 1.99. The van der Waals surface area contributed by atoms with Crippen molar-refractivity contribution in [3.63, 3.8) is 0 Å². The quantitative estimate of drug-likeness (QED) is 0.499. The Labute approximate surface area is 85.5 Å². The minimum Gasteiger partial charge on any atom is -0.483 e. The van der Waals surface area contributed by atoms with Gasteiger partial charge in [0, 0.05) is 26.2 Å². The molecule has 14 heavy (non-hydrogen) atoms. The van der Waals surface area contributed by atoms with Gasteiger partial charge in [0.05, 0.1) is 6.54 Å². The first-order valence-corrected chi connectivity index (χ1v) is 4.74. The molecular formula is C10H18N2O2. The summed E-state index contributed by atoms with van der Waals surface area (Å²) in [7, 11) is 0. The smallest absolute Gasteiger partial charge is 0.290 e. The van der Waals surface area contributed by atoms with E-state index in [4.69, 9.17) is 16.3 Å². The number of nitrogens with zero attached hydrogens (tertiary/aromatic N) is 2. The lowest BCUT2D eigenvalue weighted by atomic mass is 10.3. The van der Waals surface area contributed by atoms with Crippen molar-refractivity contribution in [1.29, 1.82) is 0 Å². The number of likely N-dealkylation sites (N-methyl/N-ethyl adjacent to an activating group) is 1. The first kappa shape index (κ1) is 12.9. The second-order valence-electron chi connectivity index (χ2n) is 3.02. The van der Waals surface area contributed by atoms with E-state index in [-0.39, 0.29) is 6.47 Å². The highest BCUT2D eigenvalue weighted by Gasteiger charge is 2.13. The average Bonchev–Trinajstić information content (AvgIpc) is 2.21. The number of hydrogen-bond donors (Lipinski definition) is 1. The second kappa shape index (κ2) is 8.54. The average molecular weight is 198 g/mol. The van der Waals surface area contributed by atoms with Gasteiger partial charge in [-0.2, -0.15) is 0 Å². The predicted octanol–water partition coefficient (Wildman–Crippen LogP) is -0.0421. The molecule has 4 nitrogen and oxygen atoms in total. The number of carboxylic acid groups (broad SMARTS) is 1. The van der Waals surface area contributed by atoms with Crippen LogP contribution in [0.15, 0.2) is 0 Å². The SMILES string of the molecule is C#CCN1CCN(CC)CC1.O=CO. The zero-order valence-electron chi connectivity index (χ0n) is 8.65. The maximum Gasteiger partial charge on any atom is 0.290 e. The molecule has 1 aliphatic heterocycles. The van der Waals surface area contributed by atoms with E-state index in [0.717, 1.165) is 19.6 Å². The molecule has 1 saturated heterocycles. The maximum absolute atomic E-state index is 8.36. The van der Waals surface area contributed by atoms with E-state index in [1.807, 2.05) is 0 Å². The Morgan fingerprint density at radius 1 is 1.36 bits per heavy atom. The van der Waals surface area contributed by atoms with Gasteiger partial charge in [-0.05, 0) is 6.54 Å². The van der Waals surface area contributed by atoms with Gasteiger partial charge in [-0.15, -0.1) is 6.42 Å². The second-order valence-corrected chi connectivity index (χ2v) is 3.02. The van der Waals surface area contributed by atoms with Crippen molar-refractivity contribution < 1.29 is 9.90 Å². The van der Waals surface area contributed by atoms with Crippen LogP contribution in [0.2, 0.25) is 0 Å². The lowest BCUT2D eigenvalue weighted by Crippen LogP contribution is -2.46. The van der Waals surface area contributed by atoms with Gasteiger partial charge in [0.1, 0.15) is 0 Å². The van der Waals surface area contributed by atoms with Gasteiger partial charge >= 0.3 is 0 Å². The van der Waals surface area contributed by atoms with Crippen LogP contribution < -0.4 is 0 Å². The number of carbonyl (C=O) groups is 1. The molecule has 80 valence electrons. The van der Waals surface area contributed by atoms with Crippen molar-refractivity contribution in [3.8, 4) is 12.3 Å². The third-order valence-electron chi connectivity index (χ3n) is 2.23. The third kappa shape index (κ3) is 5.57. The van der Waals surface area contributed by atoms with E-state index in [9.17, 15) is 0 Å². The van der Waals surface area contributed by atoms with E-state index in [1.165, 1.54) is 19.6 Å². The van der Waals surface area contributed by atoms with Gasteiger partial charge < -0.3 is 10.0 Å². The van der Waals surface area contributed by atoms with E-state index in [1.54, 1.807) is 0 Å². The van der Waals surface area contributed by atoms with Crippen LogP contribution in [0.1, 0.15) is 6.92 Å². The van der Waals surface area contributed by atoms with Crippen molar-refractivity contribution in [1.82, 2.24) is 9.80 Å². The fourth-order valence-electron chi connectivity index (χ4n) is 1.39. The van der Waals surface area contributed by atoms with E-state index >= 15 is 0 Å². The van der Waals surface area contributed by atoms with Crippen LogP contribution in [0.3, 0.4) is 0 Å². The summed E-state index contributed by atoms with van der Waals surface area (Å²) in [5, 5.41) is 6.89. The molecule has 0 spiro atoms. The van der Waals surface area contributed by atoms with Gasteiger partial charge in [-0.1, -0.05) is 12.8 Å². The molecule has 0 aliphatic carbocycles. The molecule has 0 aromatic carbocycles. The van der Waals surface area contributed by atoms with Crippen LogP contribution in [0.4, 0.5) is 0 Å². The van der Waals surface area contributed by atoms with E-state index in [0.29, 0.717) is 0 Å². The lowest BCUT2D eigenvalue weighted by Gasteiger charge is -2.32. The van der Waals surface area contributed by atoms with Crippen molar-refractivity contribution in [2.24, 2.45) is 0 Å². The Balaban J connectivity index is 0.000000500. The Morgan fingerprint density at radius 2 is 1.79 bits per heavy atom. The molecule has 0 atom stereocenters. The summed E-state index contributed by atoms with van der Waals surface area (Å²) in [5.41, 5.74) is 0. The van der Waals surface area contributed by atoms with Gasteiger partial charge in [0.25, 0.3) is 6.47 Å². The number of rotatable bonds is 2. The summed E-state index contributed by atoms with van der Waals surface area (Å²) < 4.78 is 0. The van der Waals surface area contributed by atoms with Gasteiger partial charge in [-0.3, -0.25) is 9.69 Å². The van der Waals surface area contributed by atoms with Gasteiger partial charge in [0.15, 0.2) is 0 Å². The first-order valence-electron chi connectivity index (χ1n) is 4.74. The normalized spacial score (nSPS) is 17.7. The number of hydrogen-bond acceptors (Lipinski definition) is 3. The van der Waals surface area contributed by atoms with Gasteiger partial charge in [0.2, 0.25) is 0 Å². The molecule has 0 aromatic heterocycles. The number of piperazine rings is 1. The van der Waals surface area contributed by atoms with Crippen LogP contribution in [-0.4, -0.2) is 60.6 Å². The maximum atomic E-state index is 8.36. The van der Waals surface area contributed by atoms with Crippen molar-refractivity contribution in [2.75, 3.05) is 39.3 Å². The molecule has 1 heterocycles. The van der Waals surface area contributed by atoms with Gasteiger partial charge in [-0.25, -0.2) is 0 Å². The summed E-state index contributed by atoms with van der Waals surface area (Å²) in [5.74, 6) is 2.68. The monoisotopic (exact) mass is 198 g/mol. The molecule has 4 heteroatoms. The Kier molecular flexibility index (Phi) is 7.90. The molecule has 0 aromatic rings. The highest BCUT2D eigenvalue weighted by atomic mass is 16.3. The van der Waals surface area contributed by atoms with Crippen LogP contribution in [-0.2, 0) is 4.79 Å². The first-order chi connectivity index (χ1) is 6.78.